The Labute approximate surface area is 130 Å². The van der Waals surface area contributed by atoms with E-state index in [1.54, 1.807) is 37.8 Å². The van der Waals surface area contributed by atoms with Crippen LogP contribution in [0.5, 0.6) is 0 Å². The van der Waals surface area contributed by atoms with Crippen LogP contribution in [0.25, 0.3) is 0 Å². The first-order valence-corrected chi connectivity index (χ1v) is 7.45. The molecule has 0 aromatic heterocycles. The highest BCUT2D eigenvalue weighted by Gasteiger charge is 2.26. The van der Waals surface area contributed by atoms with Gasteiger partial charge in [-0.3, -0.25) is 14.5 Å². The minimum Gasteiger partial charge on any atom is -0.340 e. The SMILES string of the molecule is CC(=O)N1CCN(C(C)C(=O)Nc2ccc(C)cc2F)CC1. The fourth-order valence-corrected chi connectivity index (χ4v) is 2.55. The zero-order valence-corrected chi connectivity index (χ0v) is 13.2. The van der Waals surface area contributed by atoms with Gasteiger partial charge in [0.15, 0.2) is 0 Å². The zero-order valence-electron chi connectivity index (χ0n) is 13.2. The molecule has 0 spiro atoms. The van der Waals surface area contributed by atoms with Crippen molar-refractivity contribution in [1.82, 2.24) is 9.80 Å². The van der Waals surface area contributed by atoms with E-state index in [-0.39, 0.29) is 23.5 Å². The molecule has 1 N–H and O–H groups in total. The van der Waals surface area contributed by atoms with E-state index in [0.29, 0.717) is 26.2 Å². The lowest BCUT2D eigenvalue weighted by Gasteiger charge is -2.37. The summed E-state index contributed by atoms with van der Waals surface area (Å²) in [7, 11) is 0. The number of nitrogens with one attached hydrogen (secondary N) is 1. The second kappa shape index (κ2) is 6.87. The van der Waals surface area contributed by atoms with Gasteiger partial charge in [0.1, 0.15) is 5.82 Å². The van der Waals surface area contributed by atoms with E-state index in [1.165, 1.54) is 6.07 Å². The second-order valence-electron chi connectivity index (χ2n) is 5.69. The fraction of sp³-hybridized carbons (Fsp3) is 0.500. The molecule has 0 bridgehead atoms. The van der Waals surface area contributed by atoms with Crippen LogP contribution in [0.15, 0.2) is 18.2 Å². The average molecular weight is 307 g/mol. The summed E-state index contributed by atoms with van der Waals surface area (Å²) in [6, 6.07) is 4.36. The second-order valence-corrected chi connectivity index (χ2v) is 5.69. The van der Waals surface area contributed by atoms with Crippen molar-refractivity contribution in [2.45, 2.75) is 26.8 Å². The monoisotopic (exact) mass is 307 g/mol. The number of carbonyl (C=O) groups excluding carboxylic acids is 2. The van der Waals surface area contributed by atoms with Crippen LogP contribution in [0.3, 0.4) is 0 Å². The third-order valence-corrected chi connectivity index (χ3v) is 4.07. The van der Waals surface area contributed by atoms with Gasteiger partial charge < -0.3 is 10.2 Å². The number of nitrogens with zero attached hydrogens (tertiary/aromatic N) is 2. The largest absolute Gasteiger partial charge is 0.340 e. The molecule has 0 aliphatic carbocycles. The average Bonchev–Trinajstić information content (AvgIpc) is 2.49. The van der Waals surface area contributed by atoms with Gasteiger partial charge in [-0.1, -0.05) is 6.07 Å². The first-order chi connectivity index (χ1) is 10.4. The van der Waals surface area contributed by atoms with Gasteiger partial charge >= 0.3 is 0 Å². The summed E-state index contributed by atoms with van der Waals surface area (Å²) in [4.78, 5) is 27.3. The molecule has 1 aromatic carbocycles. The Morgan fingerprint density at radius 1 is 1.23 bits per heavy atom. The molecule has 1 aromatic rings. The molecular formula is C16H22FN3O2. The van der Waals surface area contributed by atoms with Crippen molar-refractivity contribution >= 4 is 17.5 Å². The van der Waals surface area contributed by atoms with Crippen LogP contribution in [0.2, 0.25) is 0 Å². The van der Waals surface area contributed by atoms with Crippen molar-refractivity contribution in [3.63, 3.8) is 0 Å². The summed E-state index contributed by atoms with van der Waals surface area (Å²) in [5.74, 6) is -0.612. The predicted octanol–water partition coefficient (Wildman–Crippen LogP) is 1.63. The van der Waals surface area contributed by atoms with Gasteiger partial charge in [0.2, 0.25) is 11.8 Å². The molecule has 22 heavy (non-hydrogen) atoms. The maximum atomic E-state index is 13.8. The summed E-state index contributed by atoms with van der Waals surface area (Å²) < 4.78 is 13.8. The Morgan fingerprint density at radius 3 is 2.41 bits per heavy atom. The summed E-state index contributed by atoms with van der Waals surface area (Å²) in [5, 5.41) is 2.63. The molecule has 1 atom stereocenters. The Hall–Kier alpha value is -1.95. The van der Waals surface area contributed by atoms with Gasteiger partial charge in [0.25, 0.3) is 0 Å². The minimum absolute atomic E-state index is 0.0541. The molecule has 1 aliphatic heterocycles. The third kappa shape index (κ3) is 3.82. The van der Waals surface area contributed by atoms with Crippen LogP contribution < -0.4 is 5.32 Å². The van der Waals surface area contributed by atoms with Crippen molar-refractivity contribution in [3.05, 3.63) is 29.6 Å². The zero-order chi connectivity index (χ0) is 16.3. The number of benzene rings is 1. The summed E-state index contributed by atoms with van der Waals surface area (Å²) in [6.07, 6.45) is 0. The van der Waals surface area contributed by atoms with E-state index < -0.39 is 5.82 Å². The number of anilines is 1. The topological polar surface area (TPSA) is 52.7 Å². The van der Waals surface area contributed by atoms with Gasteiger partial charge in [0, 0.05) is 33.1 Å². The summed E-state index contributed by atoms with van der Waals surface area (Å²) in [6.45, 7) is 7.66. The van der Waals surface area contributed by atoms with Crippen molar-refractivity contribution in [2.75, 3.05) is 31.5 Å². The standard InChI is InChI=1S/C16H22FN3O2/c1-11-4-5-15(14(17)10-11)18-16(22)12(2)19-6-8-20(9-7-19)13(3)21/h4-5,10,12H,6-9H2,1-3H3,(H,18,22). The number of piperazine rings is 1. The maximum Gasteiger partial charge on any atom is 0.241 e. The molecule has 1 unspecified atom stereocenters. The molecule has 120 valence electrons. The first-order valence-electron chi connectivity index (χ1n) is 7.45. The molecule has 2 amide bonds. The smallest absolute Gasteiger partial charge is 0.241 e. The molecule has 6 heteroatoms. The number of hydrogen-bond donors (Lipinski definition) is 1. The highest BCUT2D eigenvalue weighted by Crippen LogP contribution is 2.16. The summed E-state index contributed by atoms with van der Waals surface area (Å²) in [5.41, 5.74) is 1.01. The Balaban J connectivity index is 1.94. The van der Waals surface area contributed by atoms with Crippen LogP contribution in [0.4, 0.5) is 10.1 Å². The molecule has 1 saturated heterocycles. The molecular weight excluding hydrogens is 285 g/mol. The molecule has 0 saturated carbocycles. The first kappa shape index (κ1) is 16.4. The van der Waals surface area contributed by atoms with Crippen LogP contribution in [0.1, 0.15) is 19.4 Å². The number of aryl methyl sites for hydroxylation is 1. The van der Waals surface area contributed by atoms with Gasteiger partial charge in [0.05, 0.1) is 11.7 Å². The van der Waals surface area contributed by atoms with E-state index in [0.717, 1.165) is 5.56 Å². The Morgan fingerprint density at radius 2 is 1.86 bits per heavy atom. The number of halogens is 1. The lowest BCUT2D eigenvalue weighted by Crippen LogP contribution is -2.53. The van der Waals surface area contributed by atoms with E-state index in [4.69, 9.17) is 0 Å². The van der Waals surface area contributed by atoms with Crippen molar-refractivity contribution in [3.8, 4) is 0 Å². The third-order valence-electron chi connectivity index (χ3n) is 4.07. The highest BCUT2D eigenvalue weighted by atomic mass is 19.1. The minimum atomic E-state index is -0.429. The van der Waals surface area contributed by atoms with Crippen molar-refractivity contribution < 1.29 is 14.0 Å². The van der Waals surface area contributed by atoms with Crippen LogP contribution in [-0.4, -0.2) is 53.8 Å². The van der Waals surface area contributed by atoms with E-state index >= 15 is 0 Å². The van der Waals surface area contributed by atoms with Crippen LogP contribution in [0, 0.1) is 12.7 Å². The van der Waals surface area contributed by atoms with E-state index in [1.807, 2.05) is 4.90 Å². The molecule has 5 nitrogen and oxygen atoms in total. The normalized spacial score (nSPS) is 17.2. The van der Waals surface area contributed by atoms with Crippen molar-refractivity contribution in [1.29, 1.82) is 0 Å². The van der Waals surface area contributed by atoms with Gasteiger partial charge in [-0.25, -0.2) is 4.39 Å². The lowest BCUT2D eigenvalue weighted by atomic mass is 10.2. The Bertz CT molecular complexity index is 569. The van der Waals surface area contributed by atoms with Crippen LogP contribution >= 0.6 is 0 Å². The van der Waals surface area contributed by atoms with Crippen LogP contribution in [-0.2, 0) is 9.59 Å². The van der Waals surface area contributed by atoms with E-state index in [2.05, 4.69) is 5.32 Å². The Kier molecular flexibility index (Phi) is 5.13. The number of carbonyl (C=O) groups is 2. The van der Waals surface area contributed by atoms with Gasteiger partial charge in [-0.05, 0) is 31.5 Å². The molecule has 1 aliphatic rings. The molecule has 0 radical (unpaired) electrons. The number of hydrogen-bond acceptors (Lipinski definition) is 3. The molecule has 1 heterocycles. The lowest BCUT2D eigenvalue weighted by molar-refractivity contribution is -0.131. The summed E-state index contributed by atoms with van der Waals surface area (Å²) >= 11 is 0. The quantitative estimate of drug-likeness (QED) is 0.923. The predicted molar refractivity (Wildman–Crippen MR) is 83.1 cm³/mol. The van der Waals surface area contributed by atoms with Gasteiger partial charge in [-0.15, -0.1) is 0 Å². The maximum absolute atomic E-state index is 13.8. The number of amides is 2. The number of rotatable bonds is 3. The van der Waals surface area contributed by atoms with E-state index in [9.17, 15) is 14.0 Å². The van der Waals surface area contributed by atoms with Gasteiger partial charge in [-0.2, -0.15) is 0 Å². The van der Waals surface area contributed by atoms with Crippen molar-refractivity contribution in [2.24, 2.45) is 0 Å². The highest BCUT2D eigenvalue weighted by molar-refractivity contribution is 5.94. The molecule has 1 fully saturated rings. The fourth-order valence-electron chi connectivity index (χ4n) is 2.55. The molecule has 2 rings (SSSR count).